The molecule has 0 aliphatic heterocycles. The molecule has 0 aliphatic carbocycles. The molecule has 0 heterocycles. The zero-order valence-corrected chi connectivity index (χ0v) is 17.2. The maximum Gasteiger partial charge on any atom is 0.573 e. The van der Waals surface area contributed by atoms with Crippen molar-refractivity contribution >= 4 is 31.6 Å². The molecule has 0 unspecified atom stereocenters. The minimum absolute atomic E-state index is 0.184. The van der Waals surface area contributed by atoms with E-state index in [1.54, 1.807) is 0 Å². The fourth-order valence-electron chi connectivity index (χ4n) is 2.31. The summed E-state index contributed by atoms with van der Waals surface area (Å²) in [5.41, 5.74) is 0.184. The topological polar surface area (TPSA) is 64.6 Å². The molecule has 1 N–H and O–H groups in total. The molecule has 30 heavy (non-hydrogen) atoms. The molecule has 0 saturated carbocycles. The Balaban J connectivity index is 1.73. The lowest BCUT2D eigenvalue weighted by atomic mass is 10.3. The Morgan fingerprint density at radius 1 is 0.867 bits per heavy atom. The zero-order valence-electron chi connectivity index (χ0n) is 14.8. The third-order valence-corrected chi connectivity index (χ3v) is 5.61. The minimum Gasteiger partial charge on any atom is -0.456 e. The summed E-state index contributed by atoms with van der Waals surface area (Å²) in [4.78, 5) is -0.250. The summed E-state index contributed by atoms with van der Waals surface area (Å²) in [7, 11) is -4.06. The average Bonchev–Trinajstić information content (AvgIpc) is 2.64. The van der Waals surface area contributed by atoms with Crippen LogP contribution < -0.4 is 14.2 Å². The van der Waals surface area contributed by atoms with Crippen LogP contribution in [0.1, 0.15) is 0 Å². The van der Waals surface area contributed by atoms with Crippen LogP contribution in [0.25, 0.3) is 0 Å². The highest BCUT2D eigenvalue weighted by Crippen LogP contribution is 2.33. The van der Waals surface area contributed by atoms with E-state index in [4.69, 9.17) is 4.74 Å². The van der Waals surface area contributed by atoms with E-state index >= 15 is 0 Å². The van der Waals surface area contributed by atoms with Gasteiger partial charge < -0.3 is 9.47 Å². The number of rotatable bonds is 6. The molecular weight excluding hydrogens is 494 g/mol. The maximum atomic E-state index is 13.0. The van der Waals surface area contributed by atoms with Gasteiger partial charge in [-0.2, -0.15) is 0 Å². The summed E-state index contributed by atoms with van der Waals surface area (Å²) in [6.07, 6.45) is -4.87. The third kappa shape index (κ3) is 5.86. The van der Waals surface area contributed by atoms with Gasteiger partial charge in [-0.25, -0.2) is 12.8 Å². The fourth-order valence-corrected chi connectivity index (χ4v) is 3.82. The van der Waals surface area contributed by atoms with Crippen LogP contribution in [-0.2, 0) is 10.0 Å². The number of nitrogens with one attached hydrogen (secondary N) is 1. The Hall–Kier alpha value is -2.79. The molecule has 3 aromatic carbocycles. The van der Waals surface area contributed by atoms with Gasteiger partial charge in [0, 0.05) is 0 Å². The lowest BCUT2D eigenvalue weighted by Gasteiger charge is -2.12. The molecule has 3 rings (SSSR count). The standard InChI is InChI=1S/C19H12BrF4NO4S/c20-17-11-13(3-10-18(17)28-14-4-1-12(21)2-5-14)25-30(26,27)16-8-6-15(7-9-16)29-19(22,23)24/h1-11,25H. The maximum absolute atomic E-state index is 13.0. The van der Waals surface area contributed by atoms with Crippen LogP contribution in [0.4, 0.5) is 23.2 Å². The summed E-state index contributed by atoms with van der Waals surface area (Å²) >= 11 is 3.26. The molecule has 0 fully saturated rings. The Morgan fingerprint density at radius 2 is 1.47 bits per heavy atom. The van der Waals surface area contributed by atoms with Crippen molar-refractivity contribution in [2.75, 3.05) is 4.72 Å². The third-order valence-electron chi connectivity index (χ3n) is 3.59. The highest BCUT2D eigenvalue weighted by molar-refractivity contribution is 9.10. The Kier molecular flexibility index (Phi) is 6.22. The van der Waals surface area contributed by atoms with Gasteiger partial charge in [-0.15, -0.1) is 13.2 Å². The normalized spacial score (nSPS) is 11.8. The van der Waals surface area contributed by atoms with Gasteiger partial charge in [0.05, 0.1) is 15.1 Å². The molecule has 11 heteroatoms. The summed E-state index contributed by atoms with van der Waals surface area (Å²) in [5.74, 6) is -0.208. The first-order valence-electron chi connectivity index (χ1n) is 8.13. The van der Waals surface area contributed by atoms with E-state index in [-0.39, 0.29) is 10.6 Å². The number of alkyl halides is 3. The Morgan fingerprint density at radius 3 is 2.03 bits per heavy atom. The van der Waals surface area contributed by atoms with Gasteiger partial charge in [-0.05, 0) is 82.7 Å². The van der Waals surface area contributed by atoms with Crippen LogP contribution in [0.2, 0.25) is 0 Å². The molecule has 0 aliphatic rings. The lowest BCUT2D eigenvalue weighted by molar-refractivity contribution is -0.274. The van der Waals surface area contributed by atoms with Gasteiger partial charge in [0.25, 0.3) is 10.0 Å². The first-order chi connectivity index (χ1) is 14.0. The summed E-state index contributed by atoms with van der Waals surface area (Å²) in [5, 5.41) is 0. The number of hydrogen-bond donors (Lipinski definition) is 1. The summed E-state index contributed by atoms with van der Waals surface area (Å²) in [6.45, 7) is 0. The molecule has 0 amide bonds. The Labute approximate surface area is 177 Å². The minimum atomic E-state index is -4.87. The second kappa shape index (κ2) is 8.52. The second-order valence-corrected chi connectivity index (χ2v) is 8.36. The van der Waals surface area contributed by atoms with Gasteiger partial charge in [0.1, 0.15) is 23.1 Å². The molecule has 3 aromatic rings. The molecule has 0 aromatic heterocycles. The predicted octanol–water partition coefficient (Wildman–Crippen LogP) is 6.08. The van der Waals surface area contributed by atoms with Gasteiger partial charge in [-0.3, -0.25) is 4.72 Å². The lowest BCUT2D eigenvalue weighted by Crippen LogP contribution is -2.17. The van der Waals surface area contributed by atoms with E-state index in [1.165, 1.54) is 42.5 Å². The van der Waals surface area contributed by atoms with E-state index in [1.807, 2.05) is 0 Å². The number of hydrogen-bond acceptors (Lipinski definition) is 4. The number of benzene rings is 3. The van der Waals surface area contributed by atoms with Crippen LogP contribution in [-0.4, -0.2) is 14.8 Å². The first kappa shape index (κ1) is 21.9. The quantitative estimate of drug-likeness (QED) is 0.412. The zero-order chi connectivity index (χ0) is 21.9. The fraction of sp³-hybridized carbons (Fsp3) is 0.0526. The molecule has 5 nitrogen and oxygen atoms in total. The number of anilines is 1. The van der Waals surface area contributed by atoms with Crippen LogP contribution in [0.3, 0.4) is 0 Å². The number of sulfonamides is 1. The second-order valence-electron chi connectivity index (χ2n) is 5.83. The van der Waals surface area contributed by atoms with Crippen molar-refractivity contribution in [2.24, 2.45) is 0 Å². The van der Waals surface area contributed by atoms with Crippen molar-refractivity contribution in [3.8, 4) is 17.2 Å². The van der Waals surface area contributed by atoms with Crippen molar-refractivity contribution in [1.82, 2.24) is 0 Å². The van der Waals surface area contributed by atoms with E-state index in [2.05, 4.69) is 25.4 Å². The molecule has 0 bridgehead atoms. The Bertz CT molecular complexity index is 1130. The van der Waals surface area contributed by atoms with E-state index < -0.39 is 28.0 Å². The van der Waals surface area contributed by atoms with E-state index in [0.717, 1.165) is 24.3 Å². The number of ether oxygens (including phenoxy) is 2. The smallest absolute Gasteiger partial charge is 0.456 e. The van der Waals surface area contributed by atoms with E-state index in [0.29, 0.717) is 16.0 Å². The molecule has 0 spiro atoms. The summed E-state index contributed by atoms with van der Waals surface area (Å²) < 4.78 is 86.5. The van der Waals surface area contributed by atoms with Gasteiger partial charge in [0.2, 0.25) is 0 Å². The van der Waals surface area contributed by atoms with Crippen LogP contribution in [0.5, 0.6) is 17.2 Å². The molecule has 158 valence electrons. The predicted molar refractivity (Wildman–Crippen MR) is 105 cm³/mol. The van der Waals surface area contributed by atoms with Gasteiger partial charge in [0.15, 0.2) is 0 Å². The molecule has 0 saturated heterocycles. The first-order valence-corrected chi connectivity index (χ1v) is 10.4. The van der Waals surface area contributed by atoms with Crippen molar-refractivity contribution in [3.63, 3.8) is 0 Å². The van der Waals surface area contributed by atoms with Crippen LogP contribution >= 0.6 is 15.9 Å². The average molecular weight is 506 g/mol. The van der Waals surface area contributed by atoms with Crippen LogP contribution in [0.15, 0.2) is 76.1 Å². The van der Waals surface area contributed by atoms with Crippen molar-refractivity contribution in [2.45, 2.75) is 11.3 Å². The van der Waals surface area contributed by atoms with Gasteiger partial charge in [-0.1, -0.05) is 0 Å². The largest absolute Gasteiger partial charge is 0.573 e. The summed E-state index contributed by atoms with van der Waals surface area (Å²) in [6, 6.07) is 13.5. The van der Waals surface area contributed by atoms with Crippen molar-refractivity contribution in [1.29, 1.82) is 0 Å². The SMILES string of the molecule is O=S(=O)(Nc1ccc(Oc2ccc(F)cc2)c(Br)c1)c1ccc(OC(F)(F)F)cc1. The molecule has 0 radical (unpaired) electrons. The number of halogens is 5. The highest BCUT2D eigenvalue weighted by atomic mass is 79.9. The monoisotopic (exact) mass is 505 g/mol. The van der Waals surface area contributed by atoms with Crippen LogP contribution in [0, 0.1) is 5.82 Å². The molecular formula is C19H12BrF4NO4S. The van der Waals surface area contributed by atoms with Gasteiger partial charge >= 0.3 is 6.36 Å². The van der Waals surface area contributed by atoms with Crippen molar-refractivity contribution in [3.05, 3.63) is 77.0 Å². The molecule has 0 atom stereocenters. The highest BCUT2D eigenvalue weighted by Gasteiger charge is 2.31. The van der Waals surface area contributed by atoms with Crippen molar-refractivity contribution < 1.29 is 35.5 Å². The van der Waals surface area contributed by atoms with E-state index in [9.17, 15) is 26.0 Å².